The van der Waals surface area contributed by atoms with Gasteiger partial charge in [-0.25, -0.2) is 13.6 Å². The third-order valence-electron chi connectivity index (χ3n) is 2.87. The number of ether oxygens (including phenoxy) is 2. The number of benzene rings is 1. The second-order valence-corrected chi connectivity index (χ2v) is 7.90. The number of hydrogen-bond acceptors (Lipinski definition) is 3. The molecule has 7 heteroatoms. The van der Waals surface area contributed by atoms with Crippen molar-refractivity contribution in [1.82, 2.24) is 5.32 Å². The molecule has 0 bridgehead atoms. The monoisotopic (exact) mass is 407 g/mol. The summed E-state index contributed by atoms with van der Waals surface area (Å²) in [6.45, 7) is 9.16. The molecular formula is C17H24BrF2NO3. The van der Waals surface area contributed by atoms with Crippen molar-refractivity contribution >= 4 is 22.0 Å². The minimum absolute atomic E-state index is 0.0626. The summed E-state index contributed by atoms with van der Waals surface area (Å²) >= 11 is 3.01. The first-order chi connectivity index (χ1) is 11.0. The molecule has 4 nitrogen and oxygen atoms in total. The summed E-state index contributed by atoms with van der Waals surface area (Å²) < 4.78 is 38.4. The number of amides is 1. The highest BCUT2D eigenvalue weighted by Gasteiger charge is 2.22. The highest BCUT2D eigenvalue weighted by Crippen LogP contribution is 2.26. The third-order valence-corrected chi connectivity index (χ3v) is 3.33. The minimum Gasteiger partial charge on any atom is -0.485 e. The predicted octanol–water partition coefficient (Wildman–Crippen LogP) is 5.05. The first kappa shape index (κ1) is 20.7. The summed E-state index contributed by atoms with van der Waals surface area (Å²) in [4.78, 5) is 11.9. The van der Waals surface area contributed by atoms with Crippen LogP contribution >= 0.6 is 15.9 Å². The summed E-state index contributed by atoms with van der Waals surface area (Å²) in [5.74, 6) is -1.81. The average molecular weight is 408 g/mol. The second-order valence-electron chi connectivity index (χ2n) is 6.98. The molecule has 136 valence electrons. The van der Waals surface area contributed by atoms with Crippen LogP contribution in [0.4, 0.5) is 13.6 Å². The number of rotatable bonds is 6. The number of carbonyl (C=O) groups is 1. The third kappa shape index (κ3) is 7.47. The first-order valence-corrected chi connectivity index (χ1v) is 8.54. The zero-order valence-corrected chi connectivity index (χ0v) is 16.2. The zero-order chi connectivity index (χ0) is 18.5. The van der Waals surface area contributed by atoms with Crippen LogP contribution in [0.2, 0.25) is 0 Å². The average Bonchev–Trinajstić information content (AvgIpc) is 2.33. The normalized spacial score (nSPS) is 12.9. The van der Waals surface area contributed by atoms with Crippen LogP contribution in [0, 0.1) is 17.6 Å². The Morgan fingerprint density at radius 3 is 2.25 bits per heavy atom. The Bertz CT molecular complexity index is 550. The molecule has 1 rings (SSSR count). The summed E-state index contributed by atoms with van der Waals surface area (Å²) in [7, 11) is 0. The van der Waals surface area contributed by atoms with Gasteiger partial charge in [-0.2, -0.15) is 0 Å². The maximum Gasteiger partial charge on any atom is 0.407 e. The molecule has 0 aliphatic rings. The fourth-order valence-electron chi connectivity index (χ4n) is 2.06. The lowest BCUT2D eigenvalue weighted by molar-refractivity contribution is 0.0479. The Hall–Kier alpha value is -1.37. The number of halogens is 3. The van der Waals surface area contributed by atoms with Gasteiger partial charge in [0.25, 0.3) is 0 Å². The van der Waals surface area contributed by atoms with Crippen molar-refractivity contribution in [2.75, 3.05) is 6.61 Å². The molecule has 0 unspecified atom stereocenters. The van der Waals surface area contributed by atoms with E-state index in [0.717, 1.165) is 12.1 Å². The van der Waals surface area contributed by atoms with Gasteiger partial charge in [0.1, 0.15) is 12.2 Å². The van der Waals surface area contributed by atoms with Gasteiger partial charge in [-0.3, -0.25) is 0 Å². The Labute approximate surface area is 150 Å². The molecule has 0 aromatic heterocycles. The fraction of sp³-hybridized carbons (Fsp3) is 0.588. The lowest BCUT2D eigenvalue weighted by atomic mass is 10.0. The molecule has 24 heavy (non-hydrogen) atoms. The molecule has 0 aliphatic carbocycles. The van der Waals surface area contributed by atoms with Crippen LogP contribution in [0.25, 0.3) is 0 Å². The van der Waals surface area contributed by atoms with E-state index in [1.165, 1.54) is 0 Å². The van der Waals surface area contributed by atoms with E-state index in [-0.39, 0.29) is 17.0 Å². The Morgan fingerprint density at radius 2 is 1.79 bits per heavy atom. The van der Waals surface area contributed by atoms with Gasteiger partial charge in [-0.15, -0.1) is 0 Å². The molecule has 0 radical (unpaired) electrons. The molecule has 1 amide bonds. The van der Waals surface area contributed by atoms with Crippen molar-refractivity contribution in [3.05, 3.63) is 28.2 Å². The number of nitrogens with one attached hydrogen (secondary N) is 1. The lowest BCUT2D eigenvalue weighted by Crippen LogP contribution is -2.42. The van der Waals surface area contributed by atoms with Gasteiger partial charge < -0.3 is 14.8 Å². The summed E-state index contributed by atoms with van der Waals surface area (Å²) in [6.07, 6.45) is -0.00700. The quantitative estimate of drug-likeness (QED) is 0.717. The predicted molar refractivity (Wildman–Crippen MR) is 92.2 cm³/mol. The van der Waals surface area contributed by atoms with Gasteiger partial charge in [0, 0.05) is 4.47 Å². The van der Waals surface area contributed by atoms with E-state index in [0.29, 0.717) is 6.42 Å². The van der Waals surface area contributed by atoms with Crippen LogP contribution in [0.1, 0.15) is 41.0 Å². The highest BCUT2D eigenvalue weighted by molar-refractivity contribution is 9.10. The maximum absolute atomic E-state index is 13.8. The second kappa shape index (κ2) is 8.65. The van der Waals surface area contributed by atoms with Gasteiger partial charge in [0.15, 0.2) is 17.4 Å². The van der Waals surface area contributed by atoms with Crippen LogP contribution in [0.15, 0.2) is 16.6 Å². The van der Waals surface area contributed by atoms with E-state index in [9.17, 15) is 13.6 Å². The number of carbonyl (C=O) groups excluding carboxylic acids is 1. The standard InChI is InChI=1S/C17H24BrF2NO3/c1-10(2)6-12(21-16(22)24-17(3,4)5)9-23-15-13(19)7-11(18)8-14(15)20/h7-8,10,12H,6,9H2,1-5H3,(H,21,22)/t12-/m0/s1. The summed E-state index contributed by atoms with van der Waals surface area (Å²) in [5, 5.41) is 2.69. The molecule has 1 aromatic carbocycles. The molecule has 0 heterocycles. The van der Waals surface area contributed by atoms with E-state index in [4.69, 9.17) is 9.47 Å². The number of hydrogen-bond donors (Lipinski definition) is 1. The Morgan fingerprint density at radius 1 is 1.25 bits per heavy atom. The molecular weight excluding hydrogens is 384 g/mol. The summed E-state index contributed by atoms with van der Waals surface area (Å²) in [5.41, 5.74) is -0.628. The van der Waals surface area contributed by atoms with Crippen molar-refractivity contribution in [1.29, 1.82) is 0 Å². The van der Waals surface area contributed by atoms with Crippen LogP contribution in [0.5, 0.6) is 5.75 Å². The molecule has 0 spiro atoms. The maximum atomic E-state index is 13.8. The largest absolute Gasteiger partial charge is 0.485 e. The van der Waals surface area contributed by atoms with E-state index in [1.807, 2.05) is 13.8 Å². The number of alkyl carbamates (subject to hydrolysis) is 1. The van der Waals surface area contributed by atoms with Gasteiger partial charge >= 0.3 is 6.09 Å². The molecule has 0 saturated carbocycles. The van der Waals surface area contributed by atoms with Gasteiger partial charge in [-0.05, 0) is 45.2 Å². The van der Waals surface area contributed by atoms with Crippen LogP contribution in [-0.4, -0.2) is 24.3 Å². The Balaban J connectivity index is 2.75. The Kier molecular flexibility index (Phi) is 7.45. The van der Waals surface area contributed by atoms with Crippen molar-refractivity contribution in [3.63, 3.8) is 0 Å². The van der Waals surface area contributed by atoms with Gasteiger partial charge in [0.2, 0.25) is 0 Å². The first-order valence-electron chi connectivity index (χ1n) is 7.74. The van der Waals surface area contributed by atoms with E-state index in [2.05, 4.69) is 21.2 Å². The van der Waals surface area contributed by atoms with E-state index < -0.39 is 35.1 Å². The highest BCUT2D eigenvalue weighted by atomic mass is 79.9. The SMILES string of the molecule is CC(C)C[C@@H](COc1c(F)cc(Br)cc1F)NC(=O)OC(C)(C)C. The molecule has 1 atom stereocenters. The van der Waals surface area contributed by atoms with E-state index >= 15 is 0 Å². The fourth-order valence-corrected chi connectivity index (χ4v) is 2.46. The van der Waals surface area contributed by atoms with Crippen molar-refractivity contribution in [2.24, 2.45) is 5.92 Å². The van der Waals surface area contributed by atoms with Crippen LogP contribution in [0.3, 0.4) is 0 Å². The zero-order valence-electron chi connectivity index (χ0n) is 14.6. The molecule has 1 aromatic rings. The van der Waals surface area contributed by atoms with Crippen molar-refractivity contribution < 1.29 is 23.0 Å². The lowest BCUT2D eigenvalue weighted by Gasteiger charge is -2.24. The molecule has 0 fully saturated rings. The smallest absolute Gasteiger partial charge is 0.407 e. The van der Waals surface area contributed by atoms with Gasteiger partial charge in [0.05, 0.1) is 6.04 Å². The van der Waals surface area contributed by atoms with Crippen molar-refractivity contribution in [3.8, 4) is 5.75 Å². The topological polar surface area (TPSA) is 47.6 Å². The molecule has 0 aliphatic heterocycles. The van der Waals surface area contributed by atoms with E-state index in [1.54, 1.807) is 20.8 Å². The van der Waals surface area contributed by atoms with Gasteiger partial charge in [-0.1, -0.05) is 29.8 Å². The minimum atomic E-state index is -0.803. The van der Waals surface area contributed by atoms with Crippen molar-refractivity contribution in [2.45, 2.75) is 52.7 Å². The van der Waals surface area contributed by atoms with Crippen LogP contribution < -0.4 is 10.1 Å². The molecule has 1 N–H and O–H groups in total. The van der Waals surface area contributed by atoms with Crippen LogP contribution in [-0.2, 0) is 4.74 Å². The molecule has 0 saturated heterocycles. The summed E-state index contributed by atoms with van der Waals surface area (Å²) in [6, 6.07) is 1.82.